The van der Waals surface area contributed by atoms with Crippen LogP contribution < -0.4 is 10.1 Å². The summed E-state index contributed by atoms with van der Waals surface area (Å²) in [5.74, 6) is -1.93. The van der Waals surface area contributed by atoms with Gasteiger partial charge in [-0.2, -0.15) is 0 Å². The second-order valence-corrected chi connectivity index (χ2v) is 8.39. The van der Waals surface area contributed by atoms with Crippen LogP contribution in [-0.2, 0) is 26.9 Å². The smallest absolute Gasteiger partial charge is 0.235 e. The van der Waals surface area contributed by atoms with E-state index in [1.807, 2.05) is 0 Å². The third-order valence-electron chi connectivity index (χ3n) is 3.33. The molecule has 0 heterocycles. The molecular formula is C17H17BrFNO4S. The number of hydrogen-bond donors (Lipinski definition) is 1. The Labute approximate surface area is 154 Å². The van der Waals surface area contributed by atoms with Gasteiger partial charge in [0.15, 0.2) is 21.4 Å². The maximum atomic E-state index is 13.6. The second kappa shape index (κ2) is 8.44. The van der Waals surface area contributed by atoms with Crippen molar-refractivity contribution in [2.24, 2.45) is 0 Å². The van der Waals surface area contributed by atoms with Crippen molar-refractivity contribution in [2.75, 3.05) is 12.9 Å². The minimum Gasteiger partial charge on any atom is -0.494 e. The van der Waals surface area contributed by atoms with E-state index in [9.17, 15) is 17.6 Å². The van der Waals surface area contributed by atoms with Crippen LogP contribution >= 0.6 is 15.9 Å². The summed E-state index contributed by atoms with van der Waals surface area (Å²) in [4.78, 5) is 11.9. The van der Waals surface area contributed by atoms with E-state index in [1.165, 1.54) is 19.2 Å². The molecule has 0 bridgehead atoms. The van der Waals surface area contributed by atoms with E-state index in [-0.39, 0.29) is 18.0 Å². The highest BCUT2D eigenvalue weighted by Crippen LogP contribution is 2.17. The van der Waals surface area contributed by atoms with Crippen molar-refractivity contribution >= 4 is 31.7 Å². The number of carbonyl (C=O) groups excluding carboxylic acids is 1. The number of rotatable bonds is 7. The maximum absolute atomic E-state index is 13.6. The molecule has 8 heteroatoms. The molecule has 2 aromatic rings. The second-order valence-electron chi connectivity index (χ2n) is 5.41. The van der Waals surface area contributed by atoms with Crippen molar-refractivity contribution in [3.05, 3.63) is 63.9 Å². The number of benzene rings is 2. The summed E-state index contributed by atoms with van der Waals surface area (Å²) in [6, 6.07) is 11.2. The maximum Gasteiger partial charge on any atom is 0.235 e. The van der Waals surface area contributed by atoms with Crippen LogP contribution in [0.4, 0.5) is 4.39 Å². The van der Waals surface area contributed by atoms with Crippen molar-refractivity contribution in [1.29, 1.82) is 0 Å². The van der Waals surface area contributed by atoms with Crippen LogP contribution in [-0.4, -0.2) is 27.2 Å². The molecule has 2 rings (SSSR count). The zero-order valence-electron chi connectivity index (χ0n) is 13.5. The van der Waals surface area contributed by atoms with E-state index in [1.54, 1.807) is 30.3 Å². The Bertz CT molecular complexity index is 871. The first-order valence-corrected chi connectivity index (χ1v) is 9.94. The van der Waals surface area contributed by atoms with Crippen LogP contribution in [0.5, 0.6) is 5.75 Å². The first kappa shape index (κ1) is 19.4. The molecule has 0 aliphatic carbocycles. The number of sulfone groups is 1. The molecule has 0 radical (unpaired) electrons. The number of halogens is 2. The number of methoxy groups -OCH3 is 1. The molecule has 25 heavy (non-hydrogen) atoms. The molecule has 0 unspecified atom stereocenters. The Morgan fingerprint density at radius 3 is 2.60 bits per heavy atom. The van der Waals surface area contributed by atoms with Gasteiger partial charge in [-0.15, -0.1) is 0 Å². The molecular weight excluding hydrogens is 413 g/mol. The fourth-order valence-corrected chi connectivity index (χ4v) is 3.94. The van der Waals surface area contributed by atoms with E-state index in [0.29, 0.717) is 11.1 Å². The van der Waals surface area contributed by atoms with Gasteiger partial charge in [0.05, 0.1) is 12.9 Å². The summed E-state index contributed by atoms with van der Waals surface area (Å²) in [5, 5.41) is 2.48. The standard InChI is InChI=1S/C17H17BrFNO4S/c1-24-16-6-5-12(8-15(16)19)9-20-17(21)11-25(22,23)10-13-3-2-4-14(18)7-13/h2-8H,9-11H2,1H3,(H,20,21). The Balaban J connectivity index is 1.91. The van der Waals surface area contributed by atoms with Crippen LogP contribution in [0, 0.1) is 5.82 Å². The number of amides is 1. The normalized spacial score (nSPS) is 11.2. The highest BCUT2D eigenvalue weighted by atomic mass is 79.9. The minimum atomic E-state index is -3.60. The van der Waals surface area contributed by atoms with Crippen molar-refractivity contribution in [3.8, 4) is 5.75 Å². The molecule has 134 valence electrons. The molecule has 0 atom stereocenters. The molecule has 0 aromatic heterocycles. The number of nitrogens with one attached hydrogen (secondary N) is 1. The molecule has 0 saturated heterocycles. The summed E-state index contributed by atoms with van der Waals surface area (Å²) in [6.07, 6.45) is 0. The molecule has 1 amide bonds. The lowest BCUT2D eigenvalue weighted by Crippen LogP contribution is -2.30. The molecule has 0 spiro atoms. The third kappa shape index (κ3) is 6.13. The summed E-state index contributed by atoms with van der Waals surface area (Å²) in [6.45, 7) is 0.0339. The fourth-order valence-electron chi connectivity index (χ4n) is 2.20. The van der Waals surface area contributed by atoms with Crippen molar-refractivity contribution in [1.82, 2.24) is 5.32 Å². The summed E-state index contributed by atoms with van der Waals surface area (Å²) in [5.41, 5.74) is 1.11. The minimum absolute atomic E-state index is 0.0339. The van der Waals surface area contributed by atoms with E-state index in [4.69, 9.17) is 4.74 Å². The highest BCUT2D eigenvalue weighted by molar-refractivity contribution is 9.10. The van der Waals surface area contributed by atoms with E-state index in [2.05, 4.69) is 21.2 Å². The number of carbonyl (C=O) groups is 1. The van der Waals surface area contributed by atoms with Gasteiger partial charge in [0, 0.05) is 11.0 Å². The zero-order valence-corrected chi connectivity index (χ0v) is 15.9. The molecule has 1 N–H and O–H groups in total. The van der Waals surface area contributed by atoms with Gasteiger partial charge >= 0.3 is 0 Å². The predicted octanol–water partition coefficient (Wildman–Crippen LogP) is 2.83. The van der Waals surface area contributed by atoms with Crippen LogP contribution in [0.25, 0.3) is 0 Å². The average molecular weight is 430 g/mol. The van der Waals surface area contributed by atoms with Gasteiger partial charge in [0.1, 0.15) is 5.75 Å². The number of ether oxygens (including phenoxy) is 1. The first-order chi connectivity index (χ1) is 11.8. The molecule has 5 nitrogen and oxygen atoms in total. The van der Waals surface area contributed by atoms with Gasteiger partial charge in [-0.05, 0) is 35.4 Å². The SMILES string of the molecule is COc1ccc(CNC(=O)CS(=O)(=O)Cc2cccc(Br)c2)cc1F. The quantitative estimate of drug-likeness (QED) is 0.734. The van der Waals surface area contributed by atoms with Crippen molar-refractivity contribution in [3.63, 3.8) is 0 Å². The molecule has 2 aromatic carbocycles. The molecule has 0 saturated carbocycles. The lowest BCUT2D eigenvalue weighted by molar-refractivity contribution is -0.118. The van der Waals surface area contributed by atoms with Gasteiger partial charge in [0.25, 0.3) is 0 Å². The van der Waals surface area contributed by atoms with Crippen LogP contribution in [0.1, 0.15) is 11.1 Å². The summed E-state index contributed by atoms with van der Waals surface area (Å²) >= 11 is 3.27. The van der Waals surface area contributed by atoms with E-state index < -0.39 is 27.3 Å². The van der Waals surface area contributed by atoms with Crippen molar-refractivity contribution < 1.29 is 22.3 Å². The summed E-state index contributed by atoms with van der Waals surface area (Å²) < 4.78 is 43.4. The van der Waals surface area contributed by atoms with Crippen LogP contribution in [0.2, 0.25) is 0 Å². The first-order valence-electron chi connectivity index (χ1n) is 7.33. The predicted molar refractivity (Wildman–Crippen MR) is 96.4 cm³/mol. The van der Waals surface area contributed by atoms with Crippen molar-refractivity contribution in [2.45, 2.75) is 12.3 Å². The Kier molecular flexibility index (Phi) is 6.55. The van der Waals surface area contributed by atoms with E-state index >= 15 is 0 Å². The summed E-state index contributed by atoms with van der Waals surface area (Å²) in [7, 11) is -2.24. The Morgan fingerprint density at radius 2 is 1.96 bits per heavy atom. The van der Waals surface area contributed by atoms with E-state index in [0.717, 1.165) is 4.47 Å². The molecule has 0 aliphatic rings. The monoisotopic (exact) mass is 429 g/mol. The average Bonchev–Trinajstić information content (AvgIpc) is 2.52. The van der Waals surface area contributed by atoms with Gasteiger partial charge in [-0.3, -0.25) is 4.79 Å². The van der Waals surface area contributed by atoms with Gasteiger partial charge in [0.2, 0.25) is 5.91 Å². The molecule has 0 aliphatic heterocycles. The van der Waals surface area contributed by atoms with Gasteiger partial charge in [-0.1, -0.05) is 34.1 Å². The lowest BCUT2D eigenvalue weighted by atomic mass is 10.2. The zero-order chi connectivity index (χ0) is 18.4. The highest BCUT2D eigenvalue weighted by Gasteiger charge is 2.17. The lowest BCUT2D eigenvalue weighted by Gasteiger charge is -2.08. The third-order valence-corrected chi connectivity index (χ3v) is 5.30. The molecule has 0 fully saturated rings. The topological polar surface area (TPSA) is 72.5 Å². The largest absolute Gasteiger partial charge is 0.494 e. The number of hydrogen-bond acceptors (Lipinski definition) is 4. The van der Waals surface area contributed by atoms with Gasteiger partial charge in [-0.25, -0.2) is 12.8 Å². The Morgan fingerprint density at radius 1 is 1.20 bits per heavy atom. The van der Waals surface area contributed by atoms with Crippen LogP contribution in [0.3, 0.4) is 0 Å². The fraction of sp³-hybridized carbons (Fsp3) is 0.235. The van der Waals surface area contributed by atoms with Gasteiger partial charge < -0.3 is 10.1 Å². The Hall–Kier alpha value is -1.93. The van der Waals surface area contributed by atoms with Crippen LogP contribution in [0.15, 0.2) is 46.9 Å².